The van der Waals surface area contributed by atoms with Crippen LogP contribution in [0.1, 0.15) is 37.5 Å². The lowest BCUT2D eigenvalue weighted by Gasteiger charge is -2.46. The molecule has 0 saturated carbocycles. The van der Waals surface area contributed by atoms with E-state index in [0.29, 0.717) is 12.0 Å². The summed E-state index contributed by atoms with van der Waals surface area (Å²) in [5.41, 5.74) is 5.57. The summed E-state index contributed by atoms with van der Waals surface area (Å²) < 4.78 is 5.42. The summed E-state index contributed by atoms with van der Waals surface area (Å²) in [6, 6.07) is 0.330. The van der Waals surface area contributed by atoms with Crippen LogP contribution < -0.4 is 5.73 Å². The smallest absolute Gasteiger partial charge is 0.226 e. The maximum Gasteiger partial charge on any atom is 0.226 e. The standard InChI is InChI=1S/C14H25N5O/c1-11(4-5-15)2-3-13-16-14(17-20-13)12-10-18-6-8-19(12)9-7-18/h11-12H,2-10,15H2,1H3. The molecule has 3 saturated heterocycles. The third-order valence-corrected chi connectivity index (χ3v) is 4.57. The van der Waals surface area contributed by atoms with Crippen molar-refractivity contribution in [2.45, 2.75) is 32.2 Å². The molecule has 0 radical (unpaired) electrons. The molecule has 2 atom stereocenters. The van der Waals surface area contributed by atoms with E-state index in [-0.39, 0.29) is 0 Å². The molecule has 3 fully saturated rings. The average molecular weight is 279 g/mol. The number of hydrogen-bond acceptors (Lipinski definition) is 6. The lowest BCUT2D eigenvalue weighted by Crippen LogP contribution is -2.57. The number of piperazine rings is 3. The Balaban J connectivity index is 1.57. The van der Waals surface area contributed by atoms with Gasteiger partial charge in [0.15, 0.2) is 5.82 Å². The maximum atomic E-state index is 5.57. The van der Waals surface area contributed by atoms with E-state index in [1.54, 1.807) is 0 Å². The number of aromatic nitrogens is 2. The van der Waals surface area contributed by atoms with E-state index in [1.165, 1.54) is 13.1 Å². The van der Waals surface area contributed by atoms with Crippen LogP contribution in [0.3, 0.4) is 0 Å². The summed E-state index contributed by atoms with van der Waals surface area (Å²) in [5, 5.41) is 4.20. The summed E-state index contributed by atoms with van der Waals surface area (Å²) in [4.78, 5) is 9.58. The van der Waals surface area contributed by atoms with Gasteiger partial charge in [-0.3, -0.25) is 9.80 Å². The Labute approximate surface area is 120 Å². The van der Waals surface area contributed by atoms with Gasteiger partial charge in [-0.05, 0) is 25.3 Å². The molecule has 4 rings (SSSR count). The molecule has 112 valence electrons. The van der Waals surface area contributed by atoms with Crippen molar-refractivity contribution in [3.63, 3.8) is 0 Å². The molecule has 0 amide bonds. The van der Waals surface area contributed by atoms with Crippen LogP contribution in [0.25, 0.3) is 0 Å². The van der Waals surface area contributed by atoms with Gasteiger partial charge in [-0.1, -0.05) is 12.1 Å². The highest BCUT2D eigenvalue weighted by Gasteiger charge is 2.35. The third-order valence-electron chi connectivity index (χ3n) is 4.57. The molecule has 3 aliphatic heterocycles. The van der Waals surface area contributed by atoms with Gasteiger partial charge in [-0.2, -0.15) is 4.98 Å². The van der Waals surface area contributed by atoms with E-state index >= 15 is 0 Å². The first-order valence-corrected chi connectivity index (χ1v) is 7.75. The number of aryl methyl sites for hydroxylation is 1. The topological polar surface area (TPSA) is 71.4 Å². The zero-order valence-corrected chi connectivity index (χ0v) is 12.3. The van der Waals surface area contributed by atoms with Gasteiger partial charge >= 0.3 is 0 Å². The number of rotatable bonds is 6. The van der Waals surface area contributed by atoms with Crippen LogP contribution in [0, 0.1) is 5.92 Å². The summed E-state index contributed by atoms with van der Waals surface area (Å²) in [6.45, 7) is 8.63. The van der Waals surface area contributed by atoms with Crippen LogP contribution in [-0.2, 0) is 6.42 Å². The van der Waals surface area contributed by atoms with Crippen LogP contribution in [0.4, 0.5) is 0 Å². The maximum absolute atomic E-state index is 5.57. The van der Waals surface area contributed by atoms with Crippen LogP contribution in [-0.4, -0.2) is 59.2 Å². The zero-order valence-electron chi connectivity index (χ0n) is 12.3. The lowest BCUT2D eigenvalue weighted by molar-refractivity contribution is 0.00781. The summed E-state index contributed by atoms with van der Waals surface area (Å²) in [6.07, 6.45) is 3.00. The van der Waals surface area contributed by atoms with Crippen molar-refractivity contribution in [3.8, 4) is 0 Å². The van der Waals surface area contributed by atoms with Crippen molar-refractivity contribution in [2.24, 2.45) is 11.7 Å². The monoisotopic (exact) mass is 279 g/mol. The molecule has 0 aromatic carbocycles. The predicted molar refractivity (Wildman–Crippen MR) is 76.2 cm³/mol. The van der Waals surface area contributed by atoms with Gasteiger partial charge in [-0.25, -0.2) is 0 Å². The number of fused-ring (bicyclic) bond motifs is 3. The Morgan fingerprint density at radius 2 is 2.10 bits per heavy atom. The van der Waals surface area contributed by atoms with E-state index in [4.69, 9.17) is 10.3 Å². The van der Waals surface area contributed by atoms with Gasteiger partial charge in [0.05, 0.1) is 6.04 Å². The van der Waals surface area contributed by atoms with E-state index in [0.717, 1.165) is 57.2 Å². The first kappa shape index (κ1) is 14.0. The molecule has 0 spiro atoms. The molecule has 1 aromatic heterocycles. The SMILES string of the molecule is CC(CCN)CCc1nc(C2CN3CCN2CC3)no1. The first-order chi connectivity index (χ1) is 9.76. The van der Waals surface area contributed by atoms with Crippen molar-refractivity contribution in [1.82, 2.24) is 19.9 Å². The summed E-state index contributed by atoms with van der Waals surface area (Å²) in [7, 11) is 0. The lowest BCUT2D eigenvalue weighted by atomic mass is 10.0. The van der Waals surface area contributed by atoms with Gasteiger partial charge in [0.1, 0.15) is 0 Å². The van der Waals surface area contributed by atoms with Crippen molar-refractivity contribution in [2.75, 3.05) is 39.3 Å². The molecule has 2 N–H and O–H groups in total. The van der Waals surface area contributed by atoms with E-state index in [9.17, 15) is 0 Å². The van der Waals surface area contributed by atoms with Crippen LogP contribution in [0.2, 0.25) is 0 Å². The minimum absolute atomic E-state index is 0.330. The highest BCUT2D eigenvalue weighted by Crippen LogP contribution is 2.27. The third kappa shape index (κ3) is 3.02. The largest absolute Gasteiger partial charge is 0.339 e. The number of nitrogens with zero attached hydrogens (tertiary/aromatic N) is 4. The predicted octanol–water partition coefficient (Wildman–Crippen LogP) is 0.659. The molecule has 6 heteroatoms. The van der Waals surface area contributed by atoms with E-state index in [1.807, 2.05) is 0 Å². The normalized spacial score (nSPS) is 30.6. The Morgan fingerprint density at radius 1 is 1.30 bits per heavy atom. The van der Waals surface area contributed by atoms with Gasteiger partial charge in [0, 0.05) is 39.1 Å². The fraction of sp³-hybridized carbons (Fsp3) is 0.857. The Bertz CT molecular complexity index is 427. The van der Waals surface area contributed by atoms with Crippen molar-refractivity contribution < 1.29 is 4.52 Å². The molecule has 4 heterocycles. The second-order valence-electron chi connectivity index (χ2n) is 6.12. The van der Waals surface area contributed by atoms with Crippen LogP contribution in [0.5, 0.6) is 0 Å². The Kier molecular flexibility index (Phi) is 4.33. The average Bonchev–Trinajstić information content (AvgIpc) is 2.95. The van der Waals surface area contributed by atoms with Gasteiger partial charge in [-0.15, -0.1) is 0 Å². The van der Waals surface area contributed by atoms with E-state index < -0.39 is 0 Å². The van der Waals surface area contributed by atoms with E-state index in [2.05, 4.69) is 26.9 Å². The quantitative estimate of drug-likeness (QED) is 0.825. The summed E-state index contributed by atoms with van der Waals surface area (Å²) >= 11 is 0. The number of hydrogen-bond donors (Lipinski definition) is 1. The molecule has 0 aliphatic carbocycles. The van der Waals surface area contributed by atoms with Gasteiger partial charge < -0.3 is 10.3 Å². The van der Waals surface area contributed by atoms with Crippen molar-refractivity contribution in [1.29, 1.82) is 0 Å². The van der Waals surface area contributed by atoms with Crippen molar-refractivity contribution in [3.05, 3.63) is 11.7 Å². The second kappa shape index (κ2) is 6.20. The molecular formula is C14H25N5O. The molecule has 20 heavy (non-hydrogen) atoms. The fourth-order valence-electron chi connectivity index (χ4n) is 3.17. The van der Waals surface area contributed by atoms with Gasteiger partial charge in [0.2, 0.25) is 5.89 Å². The second-order valence-corrected chi connectivity index (χ2v) is 6.12. The van der Waals surface area contributed by atoms with Gasteiger partial charge in [0.25, 0.3) is 0 Å². The Morgan fingerprint density at radius 3 is 2.75 bits per heavy atom. The number of nitrogens with two attached hydrogens (primary N) is 1. The first-order valence-electron chi connectivity index (χ1n) is 7.75. The molecule has 3 aliphatic rings. The molecule has 2 unspecified atom stereocenters. The minimum atomic E-state index is 0.330. The van der Waals surface area contributed by atoms with Crippen LogP contribution in [0.15, 0.2) is 4.52 Å². The summed E-state index contributed by atoms with van der Waals surface area (Å²) in [5.74, 6) is 2.27. The molecule has 1 aromatic rings. The molecule has 6 nitrogen and oxygen atoms in total. The minimum Gasteiger partial charge on any atom is -0.339 e. The Hall–Kier alpha value is -0.980. The molecule has 2 bridgehead atoms. The van der Waals surface area contributed by atoms with Crippen molar-refractivity contribution >= 4 is 0 Å². The highest BCUT2D eigenvalue weighted by molar-refractivity contribution is 5.01. The highest BCUT2D eigenvalue weighted by atomic mass is 16.5. The molecular weight excluding hydrogens is 254 g/mol. The fourth-order valence-corrected chi connectivity index (χ4v) is 3.17. The van der Waals surface area contributed by atoms with Crippen LogP contribution >= 0.6 is 0 Å². The zero-order chi connectivity index (χ0) is 13.9.